The molecular weight excluding hydrogens is 164 g/mol. The van der Waals surface area contributed by atoms with Gasteiger partial charge in [0.15, 0.2) is 0 Å². The van der Waals surface area contributed by atoms with Gasteiger partial charge in [0.05, 0.1) is 11.7 Å². The van der Waals surface area contributed by atoms with Crippen LogP contribution in [0.15, 0.2) is 18.2 Å². The van der Waals surface area contributed by atoms with Gasteiger partial charge in [0.25, 0.3) is 0 Å². The van der Waals surface area contributed by atoms with Gasteiger partial charge in [-0.25, -0.2) is 0 Å². The van der Waals surface area contributed by atoms with Crippen molar-refractivity contribution in [2.45, 2.75) is 18.9 Å². The first-order chi connectivity index (χ1) is 6.29. The van der Waals surface area contributed by atoms with Crippen LogP contribution in [0.3, 0.4) is 0 Å². The molecule has 0 bridgehead atoms. The van der Waals surface area contributed by atoms with Crippen LogP contribution in [0, 0.1) is 11.3 Å². The molecule has 1 saturated carbocycles. The minimum atomic E-state index is 0.357. The molecule has 1 aliphatic rings. The van der Waals surface area contributed by atoms with E-state index in [1.165, 1.54) is 0 Å². The normalized spacial score (nSPS) is 15.0. The van der Waals surface area contributed by atoms with Gasteiger partial charge in [-0.1, -0.05) is 0 Å². The molecule has 0 spiro atoms. The van der Waals surface area contributed by atoms with Crippen molar-refractivity contribution in [3.8, 4) is 11.8 Å². The van der Waals surface area contributed by atoms with E-state index in [0.29, 0.717) is 17.4 Å². The van der Waals surface area contributed by atoms with Gasteiger partial charge in [-0.15, -0.1) is 0 Å². The van der Waals surface area contributed by atoms with Crippen molar-refractivity contribution < 1.29 is 4.74 Å². The largest absolute Gasteiger partial charge is 0.490 e. The molecule has 0 heterocycles. The van der Waals surface area contributed by atoms with E-state index in [9.17, 15) is 0 Å². The van der Waals surface area contributed by atoms with Gasteiger partial charge in [0.1, 0.15) is 11.8 Å². The monoisotopic (exact) mass is 174 g/mol. The van der Waals surface area contributed by atoms with Crippen molar-refractivity contribution in [3.63, 3.8) is 0 Å². The Balaban J connectivity index is 2.22. The molecule has 13 heavy (non-hydrogen) atoms. The minimum Gasteiger partial charge on any atom is -0.490 e. The van der Waals surface area contributed by atoms with Crippen LogP contribution >= 0.6 is 0 Å². The molecule has 66 valence electrons. The van der Waals surface area contributed by atoms with Gasteiger partial charge >= 0.3 is 0 Å². The summed E-state index contributed by atoms with van der Waals surface area (Å²) in [6.45, 7) is 0. The Kier molecular flexibility index (Phi) is 1.82. The van der Waals surface area contributed by atoms with Crippen molar-refractivity contribution in [2.75, 3.05) is 5.73 Å². The van der Waals surface area contributed by atoms with Crippen LogP contribution in [-0.4, -0.2) is 6.10 Å². The first-order valence-corrected chi connectivity index (χ1v) is 4.26. The number of nitrogen functional groups attached to an aromatic ring is 1. The van der Waals surface area contributed by atoms with E-state index in [0.717, 1.165) is 18.6 Å². The molecule has 0 aromatic heterocycles. The number of nitrogens with two attached hydrogens (primary N) is 1. The van der Waals surface area contributed by atoms with E-state index >= 15 is 0 Å². The zero-order valence-corrected chi connectivity index (χ0v) is 7.16. The zero-order chi connectivity index (χ0) is 9.26. The lowest BCUT2D eigenvalue weighted by molar-refractivity contribution is 0.303. The highest BCUT2D eigenvalue weighted by atomic mass is 16.5. The maximum absolute atomic E-state index is 8.71. The molecule has 3 heteroatoms. The van der Waals surface area contributed by atoms with Crippen molar-refractivity contribution in [2.24, 2.45) is 0 Å². The fourth-order valence-electron chi connectivity index (χ4n) is 1.08. The van der Waals surface area contributed by atoms with Gasteiger partial charge in [-0.2, -0.15) is 5.26 Å². The van der Waals surface area contributed by atoms with Crippen LogP contribution in [0.2, 0.25) is 0 Å². The Labute approximate surface area is 76.7 Å². The van der Waals surface area contributed by atoms with E-state index in [2.05, 4.69) is 0 Å². The second-order valence-corrected chi connectivity index (χ2v) is 3.18. The Morgan fingerprint density at radius 3 is 2.85 bits per heavy atom. The summed E-state index contributed by atoms with van der Waals surface area (Å²) in [6.07, 6.45) is 2.59. The molecule has 0 radical (unpaired) electrons. The maximum Gasteiger partial charge on any atom is 0.121 e. The summed E-state index contributed by atoms with van der Waals surface area (Å²) in [4.78, 5) is 0. The van der Waals surface area contributed by atoms with Gasteiger partial charge in [0, 0.05) is 5.69 Å². The van der Waals surface area contributed by atoms with E-state index < -0.39 is 0 Å². The second kappa shape index (κ2) is 2.98. The second-order valence-electron chi connectivity index (χ2n) is 3.18. The molecule has 0 atom stereocenters. The molecular formula is C10H10N2O. The predicted octanol–water partition coefficient (Wildman–Crippen LogP) is 1.68. The summed E-state index contributed by atoms with van der Waals surface area (Å²) in [5.41, 5.74) is 6.56. The highest BCUT2D eigenvalue weighted by Gasteiger charge is 2.23. The number of benzene rings is 1. The lowest BCUT2D eigenvalue weighted by Gasteiger charge is -2.04. The standard InChI is InChI=1S/C10H10N2O/c11-6-7-5-9(3-4-10(7)12)13-8-1-2-8/h3-5,8H,1-2,12H2. The molecule has 0 aliphatic heterocycles. The number of ether oxygens (including phenoxy) is 1. The number of hydrogen-bond acceptors (Lipinski definition) is 3. The van der Waals surface area contributed by atoms with Crippen molar-refractivity contribution >= 4 is 5.69 Å². The third-order valence-electron chi connectivity index (χ3n) is 1.97. The van der Waals surface area contributed by atoms with Crippen LogP contribution in [0.4, 0.5) is 5.69 Å². The minimum absolute atomic E-state index is 0.357. The number of nitriles is 1. The van der Waals surface area contributed by atoms with E-state index in [1.807, 2.05) is 6.07 Å². The van der Waals surface area contributed by atoms with Crippen LogP contribution in [0.1, 0.15) is 18.4 Å². The SMILES string of the molecule is N#Cc1cc(OC2CC2)ccc1N. The molecule has 1 aromatic carbocycles. The molecule has 0 unspecified atom stereocenters. The quantitative estimate of drug-likeness (QED) is 0.694. The molecule has 0 amide bonds. The first kappa shape index (κ1) is 7.93. The molecule has 0 saturated heterocycles. The fourth-order valence-corrected chi connectivity index (χ4v) is 1.08. The molecule has 1 aliphatic carbocycles. The van der Waals surface area contributed by atoms with Crippen molar-refractivity contribution in [3.05, 3.63) is 23.8 Å². The number of nitrogens with zero attached hydrogens (tertiary/aromatic N) is 1. The van der Waals surface area contributed by atoms with Gasteiger partial charge in [-0.3, -0.25) is 0 Å². The maximum atomic E-state index is 8.71. The molecule has 1 fully saturated rings. The van der Waals surface area contributed by atoms with Crippen molar-refractivity contribution in [1.29, 1.82) is 5.26 Å². The van der Waals surface area contributed by atoms with E-state index in [-0.39, 0.29) is 0 Å². The number of hydrogen-bond donors (Lipinski definition) is 1. The van der Waals surface area contributed by atoms with Crippen LogP contribution in [-0.2, 0) is 0 Å². The highest BCUT2D eigenvalue weighted by Crippen LogP contribution is 2.28. The average molecular weight is 174 g/mol. The number of anilines is 1. The van der Waals surface area contributed by atoms with Crippen LogP contribution in [0.5, 0.6) is 5.75 Å². The fraction of sp³-hybridized carbons (Fsp3) is 0.300. The highest BCUT2D eigenvalue weighted by molar-refractivity contribution is 5.56. The van der Waals surface area contributed by atoms with E-state index in [1.54, 1.807) is 18.2 Å². The van der Waals surface area contributed by atoms with Gasteiger partial charge in [-0.05, 0) is 31.0 Å². The summed E-state index contributed by atoms with van der Waals surface area (Å²) in [6, 6.07) is 7.22. The smallest absolute Gasteiger partial charge is 0.121 e. The molecule has 1 aromatic rings. The first-order valence-electron chi connectivity index (χ1n) is 4.26. The lowest BCUT2D eigenvalue weighted by Crippen LogP contribution is -1.97. The summed E-state index contributed by atoms with van der Waals surface area (Å²) < 4.78 is 5.52. The van der Waals surface area contributed by atoms with E-state index in [4.69, 9.17) is 15.7 Å². The Hall–Kier alpha value is -1.69. The van der Waals surface area contributed by atoms with Crippen LogP contribution in [0.25, 0.3) is 0 Å². The molecule has 2 N–H and O–H groups in total. The summed E-state index contributed by atoms with van der Waals surface area (Å²) >= 11 is 0. The third-order valence-corrected chi connectivity index (χ3v) is 1.97. The third kappa shape index (κ3) is 1.73. The molecule has 3 nitrogen and oxygen atoms in total. The lowest BCUT2D eigenvalue weighted by atomic mass is 10.2. The average Bonchev–Trinajstić information content (AvgIpc) is 2.92. The summed E-state index contributed by atoms with van der Waals surface area (Å²) in [5, 5.41) is 8.71. The number of rotatable bonds is 2. The Bertz CT molecular complexity index is 364. The summed E-state index contributed by atoms with van der Waals surface area (Å²) in [5.74, 6) is 0.744. The topological polar surface area (TPSA) is 59.0 Å². The van der Waals surface area contributed by atoms with Crippen LogP contribution < -0.4 is 10.5 Å². The molecule has 2 rings (SSSR count). The predicted molar refractivity (Wildman–Crippen MR) is 49.2 cm³/mol. The Morgan fingerprint density at radius 2 is 2.23 bits per heavy atom. The Morgan fingerprint density at radius 1 is 1.46 bits per heavy atom. The van der Waals surface area contributed by atoms with Gasteiger partial charge < -0.3 is 10.5 Å². The van der Waals surface area contributed by atoms with Crippen molar-refractivity contribution in [1.82, 2.24) is 0 Å². The zero-order valence-electron chi connectivity index (χ0n) is 7.16. The summed E-state index contributed by atoms with van der Waals surface area (Å²) in [7, 11) is 0. The van der Waals surface area contributed by atoms with Gasteiger partial charge in [0.2, 0.25) is 0 Å².